The number of hydrogen-bond acceptors (Lipinski definition) is 3. The summed E-state index contributed by atoms with van der Waals surface area (Å²) in [5.74, 6) is 0.734. The van der Waals surface area contributed by atoms with Crippen molar-refractivity contribution in [1.82, 2.24) is 14.5 Å². The lowest BCUT2D eigenvalue weighted by Gasteiger charge is -2.30. The van der Waals surface area contributed by atoms with Crippen LogP contribution in [-0.4, -0.2) is 22.6 Å². The molecule has 11 aromatic rings. The molecule has 0 fully saturated rings. The molecule has 0 spiro atoms. The quantitative estimate of drug-likeness (QED) is 0.164. The minimum Gasteiger partial charge on any atom is -0.309 e. The van der Waals surface area contributed by atoms with Gasteiger partial charge in [0.2, 0.25) is 8.07 Å². The first-order chi connectivity index (χ1) is 28.3. The summed E-state index contributed by atoms with van der Waals surface area (Å²) in [4.78, 5) is 11.3. The van der Waals surface area contributed by atoms with Crippen molar-refractivity contribution in [3.63, 3.8) is 0 Å². The molecule has 5 heteroatoms. The fraction of sp³-hybridized carbons (Fsp3) is 0. The molecule has 1 aliphatic heterocycles. The minimum atomic E-state index is -2.89. The Morgan fingerprint density at radius 1 is 0.456 bits per heavy atom. The zero-order valence-electron chi connectivity index (χ0n) is 30.8. The Kier molecular flexibility index (Phi) is 7.12. The maximum absolute atomic E-state index is 5.79. The fourth-order valence-electron chi connectivity index (χ4n) is 9.54. The van der Waals surface area contributed by atoms with Gasteiger partial charge in [0.05, 0.1) is 22.0 Å². The van der Waals surface area contributed by atoms with Gasteiger partial charge < -0.3 is 4.57 Å². The summed E-state index contributed by atoms with van der Waals surface area (Å²) < 4.78 is 5.05. The number of aromatic nitrogens is 3. The number of fused-ring (bicyclic) bond motifs is 10. The van der Waals surface area contributed by atoms with Crippen molar-refractivity contribution in [1.29, 1.82) is 0 Å². The van der Waals surface area contributed by atoms with Crippen LogP contribution in [0.1, 0.15) is 0 Å². The van der Waals surface area contributed by atoms with Crippen molar-refractivity contribution >= 4 is 82.3 Å². The van der Waals surface area contributed by atoms with E-state index in [1.807, 2.05) is 11.3 Å². The van der Waals surface area contributed by atoms with Gasteiger partial charge in [0.15, 0.2) is 5.82 Å². The van der Waals surface area contributed by atoms with Crippen LogP contribution in [-0.2, 0) is 0 Å². The molecule has 0 aliphatic carbocycles. The van der Waals surface area contributed by atoms with Gasteiger partial charge in [-0.2, -0.15) is 0 Å². The van der Waals surface area contributed by atoms with Crippen LogP contribution in [0.5, 0.6) is 0 Å². The van der Waals surface area contributed by atoms with Gasteiger partial charge in [0.25, 0.3) is 0 Å². The van der Waals surface area contributed by atoms with Gasteiger partial charge in [-0.3, -0.25) is 0 Å². The minimum absolute atomic E-state index is 0.734. The van der Waals surface area contributed by atoms with E-state index < -0.39 is 8.07 Å². The van der Waals surface area contributed by atoms with Gasteiger partial charge in [-0.1, -0.05) is 164 Å². The molecule has 0 unspecified atom stereocenters. The molecule has 1 aliphatic rings. The Balaban J connectivity index is 1.15. The molecule has 3 nitrogen and oxygen atoms in total. The smallest absolute Gasteiger partial charge is 0.203 e. The third-order valence-electron chi connectivity index (χ3n) is 11.9. The highest BCUT2D eigenvalue weighted by Gasteiger charge is 2.51. The lowest BCUT2D eigenvalue weighted by Crippen LogP contribution is -2.73. The number of thiophene rings is 1. The molecule has 57 heavy (non-hydrogen) atoms. The molecule has 12 rings (SSSR count). The molecule has 4 heterocycles. The number of hydrogen-bond donors (Lipinski definition) is 0. The SMILES string of the molecule is c1ccc(-c2nc(-c3cccc(-n4c5ccccc5c5c6c(ccc54)sc4ccccc46)c3)nc3c2-c2ccccc2[Si]3(c2ccccc2)c2ccccc2)cc1. The summed E-state index contributed by atoms with van der Waals surface area (Å²) in [5.41, 5.74) is 8.87. The summed E-state index contributed by atoms with van der Waals surface area (Å²) in [7, 11) is -2.89. The first-order valence-corrected chi connectivity index (χ1v) is 22.2. The molecule has 266 valence electrons. The maximum atomic E-state index is 5.79. The number of nitrogens with zero attached hydrogens (tertiary/aromatic N) is 3. The number of rotatable bonds is 5. The van der Waals surface area contributed by atoms with E-state index in [-0.39, 0.29) is 0 Å². The summed E-state index contributed by atoms with van der Waals surface area (Å²) in [6, 6.07) is 72.9. The van der Waals surface area contributed by atoms with Gasteiger partial charge >= 0.3 is 0 Å². The number of benzene rings is 8. The standard InChI is InChI=1S/C52H33N3SSi/c1-4-17-34(18-5-1)50-49-41-27-12-15-30-46(41)57(37-21-6-2-7-22-37,38-23-8-3-9-24-38)52(49)54-51(53-50)35-19-16-20-36(33-35)55-42-28-13-10-25-39(42)47-43(55)31-32-45-48(47)40-26-11-14-29-44(40)56-45/h1-33H. The van der Waals surface area contributed by atoms with E-state index in [1.165, 1.54) is 63.1 Å². The fourth-order valence-corrected chi connectivity index (χ4v) is 15.7. The van der Waals surface area contributed by atoms with Crippen molar-refractivity contribution in [2.24, 2.45) is 0 Å². The Hall–Kier alpha value is -6.92. The van der Waals surface area contributed by atoms with E-state index >= 15 is 0 Å². The van der Waals surface area contributed by atoms with E-state index in [0.29, 0.717) is 0 Å². The van der Waals surface area contributed by atoms with Gasteiger partial charge in [-0.25, -0.2) is 9.97 Å². The molecule has 0 amide bonds. The molecule has 0 bridgehead atoms. The average molecular weight is 760 g/mol. The highest BCUT2D eigenvalue weighted by Crippen LogP contribution is 2.44. The molecule has 0 atom stereocenters. The van der Waals surface area contributed by atoms with Crippen LogP contribution >= 0.6 is 11.3 Å². The molecule has 0 N–H and O–H groups in total. The van der Waals surface area contributed by atoms with Crippen LogP contribution in [0.2, 0.25) is 0 Å². The lowest BCUT2D eigenvalue weighted by atomic mass is 10.0. The molecule has 3 aromatic heterocycles. The molecular weight excluding hydrogens is 727 g/mol. The van der Waals surface area contributed by atoms with E-state index in [0.717, 1.165) is 39.2 Å². The summed E-state index contributed by atoms with van der Waals surface area (Å²) >= 11 is 1.87. The predicted molar refractivity (Wildman–Crippen MR) is 243 cm³/mol. The molecular formula is C52H33N3SSi. The Morgan fingerprint density at radius 3 is 1.89 bits per heavy atom. The molecule has 8 aromatic carbocycles. The maximum Gasteiger partial charge on any atom is 0.203 e. The zero-order chi connectivity index (χ0) is 37.5. The van der Waals surface area contributed by atoms with E-state index in [1.54, 1.807) is 0 Å². The highest BCUT2D eigenvalue weighted by molar-refractivity contribution is 7.26. The van der Waals surface area contributed by atoms with E-state index in [4.69, 9.17) is 9.97 Å². The van der Waals surface area contributed by atoms with Gasteiger partial charge in [0, 0.05) is 53.3 Å². The van der Waals surface area contributed by atoms with Gasteiger partial charge in [-0.15, -0.1) is 11.3 Å². The van der Waals surface area contributed by atoms with Gasteiger partial charge in [-0.05, 0) is 57.5 Å². The Morgan fingerprint density at radius 2 is 1.11 bits per heavy atom. The Bertz CT molecular complexity index is 3310. The molecule has 0 saturated heterocycles. The zero-order valence-corrected chi connectivity index (χ0v) is 32.6. The van der Waals surface area contributed by atoms with Crippen molar-refractivity contribution < 1.29 is 0 Å². The van der Waals surface area contributed by atoms with Crippen molar-refractivity contribution in [2.45, 2.75) is 0 Å². The summed E-state index contributed by atoms with van der Waals surface area (Å²) in [6.07, 6.45) is 0. The second-order valence-corrected chi connectivity index (χ2v) is 19.6. The third kappa shape index (κ3) is 4.64. The van der Waals surface area contributed by atoms with Crippen LogP contribution in [0.15, 0.2) is 200 Å². The number of para-hydroxylation sites is 1. The Labute approximate surface area is 334 Å². The lowest BCUT2D eigenvalue weighted by molar-refractivity contribution is 1.17. The third-order valence-corrected chi connectivity index (χ3v) is 17.7. The van der Waals surface area contributed by atoms with Crippen LogP contribution in [0.3, 0.4) is 0 Å². The van der Waals surface area contributed by atoms with Crippen LogP contribution in [0.4, 0.5) is 0 Å². The van der Waals surface area contributed by atoms with Crippen molar-refractivity contribution in [3.05, 3.63) is 200 Å². The molecule has 0 radical (unpaired) electrons. The van der Waals surface area contributed by atoms with Crippen LogP contribution < -0.4 is 20.9 Å². The van der Waals surface area contributed by atoms with E-state index in [9.17, 15) is 0 Å². The first-order valence-electron chi connectivity index (χ1n) is 19.4. The van der Waals surface area contributed by atoms with Gasteiger partial charge in [0.1, 0.15) is 0 Å². The van der Waals surface area contributed by atoms with E-state index in [2.05, 4.69) is 205 Å². The topological polar surface area (TPSA) is 30.7 Å². The first kappa shape index (κ1) is 32.3. The normalized spacial score (nSPS) is 13.1. The summed E-state index contributed by atoms with van der Waals surface area (Å²) in [6.45, 7) is 0. The second-order valence-electron chi connectivity index (χ2n) is 14.8. The monoisotopic (exact) mass is 759 g/mol. The van der Waals surface area contributed by atoms with Crippen LogP contribution in [0, 0.1) is 0 Å². The van der Waals surface area contributed by atoms with Crippen LogP contribution in [0.25, 0.3) is 81.4 Å². The average Bonchev–Trinajstić information content (AvgIpc) is 3.93. The largest absolute Gasteiger partial charge is 0.309 e. The predicted octanol–water partition coefficient (Wildman–Crippen LogP) is 10.6. The molecule has 0 saturated carbocycles. The second kappa shape index (κ2) is 12.5. The highest BCUT2D eigenvalue weighted by atomic mass is 32.1. The summed E-state index contributed by atoms with van der Waals surface area (Å²) in [5, 5.41) is 10.3. The van der Waals surface area contributed by atoms with Crippen molar-refractivity contribution in [2.75, 3.05) is 0 Å². The van der Waals surface area contributed by atoms with Crippen molar-refractivity contribution in [3.8, 4) is 39.5 Å².